The van der Waals surface area contributed by atoms with E-state index in [-0.39, 0.29) is 17.8 Å². The van der Waals surface area contributed by atoms with Gasteiger partial charge in [-0.05, 0) is 35.4 Å². The predicted octanol–water partition coefficient (Wildman–Crippen LogP) is 5.06. The number of halogens is 1. The van der Waals surface area contributed by atoms with Gasteiger partial charge in [0.2, 0.25) is 0 Å². The van der Waals surface area contributed by atoms with E-state index < -0.39 is 0 Å². The van der Waals surface area contributed by atoms with Crippen LogP contribution in [0.25, 0.3) is 10.9 Å². The highest BCUT2D eigenvalue weighted by Crippen LogP contribution is 2.42. The van der Waals surface area contributed by atoms with Crippen LogP contribution in [0, 0.1) is 5.82 Å². The van der Waals surface area contributed by atoms with Gasteiger partial charge < -0.3 is 9.47 Å². The fourth-order valence-electron chi connectivity index (χ4n) is 4.25. The molecule has 138 valence electrons. The van der Waals surface area contributed by atoms with Gasteiger partial charge in [0, 0.05) is 41.8 Å². The van der Waals surface area contributed by atoms with Crippen LogP contribution in [0.2, 0.25) is 0 Å². The van der Waals surface area contributed by atoms with Crippen LogP contribution in [0.3, 0.4) is 0 Å². The average molecular weight is 370 g/mol. The standard InChI is InChI=1S/C24H19FN2O/c1-26-15-21(18-6-4-5-9-22(18)26)23-19-7-2-3-8-20(19)24(28)27(23)14-16-10-12-17(25)13-11-16/h2-13,15,23H,14H2,1H3/t23-/m1/s1. The van der Waals surface area contributed by atoms with Crippen molar-refractivity contribution in [1.82, 2.24) is 9.47 Å². The summed E-state index contributed by atoms with van der Waals surface area (Å²) in [6, 6.07) is 22.2. The maximum atomic E-state index is 13.3. The molecule has 3 nitrogen and oxygen atoms in total. The number of fused-ring (bicyclic) bond motifs is 2. The summed E-state index contributed by atoms with van der Waals surface area (Å²) >= 11 is 0. The summed E-state index contributed by atoms with van der Waals surface area (Å²) in [6.07, 6.45) is 2.11. The van der Waals surface area contributed by atoms with E-state index in [2.05, 4.69) is 22.9 Å². The molecule has 1 aliphatic heterocycles. The number of hydrogen-bond acceptors (Lipinski definition) is 1. The topological polar surface area (TPSA) is 25.2 Å². The summed E-state index contributed by atoms with van der Waals surface area (Å²) in [5, 5.41) is 1.14. The Morgan fingerprint density at radius 1 is 0.893 bits per heavy atom. The fourth-order valence-corrected chi connectivity index (χ4v) is 4.25. The monoisotopic (exact) mass is 370 g/mol. The highest BCUT2D eigenvalue weighted by Gasteiger charge is 2.38. The van der Waals surface area contributed by atoms with E-state index in [1.165, 1.54) is 12.1 Å². The first-order valence-electron chi connectivity index (χ1n) is 9.32. The van der Waals surface area contributed by atoms with Gasteiger partial charge in [-0.25, -0.2) is 4.39 Å². The van der Waals surface area contributed by atoms with Crippen molar-refractivity contribution in [2.75, 3.05) is 0 Å². The molecular weight excluding hydrogens is 351 g/mol. The third-order valence-electron chi connectivity index (χ3n) is 5.55. The molecule has 4 aromatic rings. The Labute approximate surface area is 162 Å². The van der Waals surface area contributed by atoms with Crippen molar-refractivity contribution in [2.24, 2.45) is 7.05 Å². The number of nitrogens with zero attached hydrogens (tertiary/aromatic N) is 2. The maximum Gasteiger partial charge on any atom is 0.255 e. The lowest BCUT2D eigenvalue weighted by molar-refractivity contribution is 0.0736. The molecule has 0 saturated carbocycles. The lowest BCUT2D eigenvalue weighted by Crippen LogP contribution is -2.28. The minimum atomic E-state index is -0.273. The number of carbonyl (C=O) groups excluding carboxylic acids is 1. The van der Waals surface area contributed by atoms with Gasteiger partial charge in [-0.3, -0.25) is 4.79 Å². The molecule has 1 aliphatic rings. The minimum Gasteiger partial charge on any atom is -0.350 e. The molecule has 0 bridgehead atoms. The van der Waals surface area contributed by atoms with Gasteiger partial charge in [0.1, 0.15) is 5.82 Å². The molecule has 1 atom stereocenters. The molecule has 1 aromatic heterocycles. The van der Waals surface area contributed by atoms with Gasteiger partial charge in [0.15, 0.2) is 0 Å². The van der Waals surface area contributed by atoms with Crippen molar-refractivity contribution in [1.29, 1.82) is 0 Å². The van der Waals surface area contributed by atoms with Gasteiger partial charge in [0.25, 0.3) is 5.91 Å². The summed E-state index contributed by atoms with van der Waals surface area (Å²) < 4.78 is 15.4. The normalized spacial score (nSPS) is 16.0. The summed E-state index contributed by atoms with van der Waals surface area (Å²) in [6.45, 7) is 0.432. The van der Waals surface area contributed by atoms with E-state index in [1.807, 2.05) is 48.3 Å². The summed E-state index contributed by atoms with van der Waals surface area (Å²) in [7, 11) is 2.03. The predicted molar refractivity (Wildman–Crippen MR) is 107 cm³/mol. The molecule has 2 heterocycles. The van der Waals surface area contributed by atoms with Crippen LogP contribution in [-0.4, -0.2) is 15.4 Å². The molecule has 0 spiro atoms. The number of carbonyl (C=O) groups is 1. The smallest absolute Gasteiger partial charge is 0.255 e. The van der Waals surface area contributed by atoms with Gasteiger partial charge in [-0.2, -0.15) is 0 Å². The number of rotatable bonds is 3. The number of para-hydroxylation sites is 1. The van der Waals surface area contributed by atoms with Crippen molar-refractivity contribution in [3.63, 3.8) is 0 Å². The van der Waals surface area contributed by atoms with Crippen LogP contribution in [0.15, 0.2) is 79.0 Å². The first-order valence-corrected chi connectivity index (χ1v) is 9.32. The Kier molecular flexibility index (Phi) is 3.79. The molecule has 0 unspecified atom stereocenters. The molecule has 0 aliphatic carbocycles. The Morgan fingerprint density at radius 3 is 2.43 bits per heavy atom. The number of benzene rings is 3. The Bertz CT molecular complexity index is 1190. The number of hydrogen-bond donors (Lipinski definition) is 0. The number of aromatic nitrogens is 1. The van der Waals surface area contributed by atoms with Gasteiger partial charge in [0.05, 0.1) is 6.04 Å². The van der Waals surface area contributed by atoms with Crippen LogP contribution >= 0.6 is 0 Å². The van der Waals surface area contributed by atoms with Gasteiger partial charge in [-0.1, -0.05) is 48.5 Å². The highest BCUT2D eigenvalue weighted by molar-refractivity contribution is 6.00. The lowest BCUT2D eigenvalue weighted by atomic mass is 9.97. The molecule has 0 saturated heterocycles. The van der Waals surface area contributed by atoms with E-state index in [0.717, 1.165) is 33.2 Å². The highest BCUT2D eigenvalue weighted by atomic mass is 19.1. The second kappa shape index (κ2) is 6.34. The third-order valence-corrected chi connectivity index (χ3v) is 5.55. The van der Waals surface area contributed by atoms with E-state index in [1.54, 1.807) is 12.1 Å². The quantitative estimate of drug-likeness (QED) is 0.495. The number of aryl methyl sites for hydroxylation is 1. The van der Waals surface area contributed by atoms with E-state index in [9.17, 15) is 9.18 Å². The van der Waals surface area contributed by atoms with Crippen LogP contribution < -0.4 is 0 Å². The zero-order valence-electron chi connectivity index (χ0n) is 15.5. The van der Waals surface area contributed by atoms with Gasteiger partial charge >= 0.3 is 0 Å². The van der Waals surface area contributed by atoms with Crippen molar-refractivity contribution >= 4 is 16.8 Å². The van der Waals surface area contributed by atoms with Crippen molar-refractivity contribution in [3.8, 4) is 0 Å². The van der Waals surface area contributed by atoms with Gasteiger partial charge in [-0.15, -0.1) is 0 Å². The zero-order chi connectivity index (χ0) is 19.3. The van der Waals surface area contributed by atoms with Crippen LogP contribution in [-0.2, 0) is 13.6 Å². The molecule has 28 heavy (non-hydrogen) atoms. The Hall–Kier alpha value is -3.40. The largest absolute Gasteiger partial charge is 0.350 e. The van der Waals surface area contributed by atoms with E-state index >= 15 is 0 Å². The number of amides is 1. The zero-order valence-corrected chi connectivity index (χ0v) is 15.5. The average Bonchev–Trinajstić information content (AvgIpc) is 3.19. The van der Waals surface area contributed by atoms with Crippen LogP contribution in [0.4, 0.5) is 4.39 Å². The molecule has 0 radical (unpaired) electrons. The first kappa shape index (κ1) is 16.8. The SMILES string of the molecule is Cn1cc([C@H]2c3ccccc3C(=O)N2Cc2ccc(F)cc2)c2ccccc21. The van der Waals surface area contributed by atoms with E-state index in [0.29, 0.717) is 6.54 Å². The molecule has 5 rings (SSSR count). The van der Waals surface area contributed by atoms with Crippen LogP contribution in [0.5, 0.6) is 0 Å². The minimum absolute atomic E-state index is 0.0119. The van der Waals surface area contributed by atoms with Crippen molar-refractivity contribution in [3.05, 3.63) is 107 Å². The molecule has 4 heteroatoms. The Balaban J connectivity index is 1.67. The molecule has 0 N–H and O–H groups in total. The van der Waals surface area contributed by atoms with Crippen LogP contribution in [0.1, 0.15) is 33.1 Å². The fraction of sp³-hybridized carbons (Fsp3) is 0.125. The van der Waals surface area contributed by atoms with Crippen molar-refractivity contribution < 1.29 is 9.18 Å². The first-order chi connectivity index (χ1) is 13.6. The van der Waals surface area contributed by atoms with E-state index in [4.69, 9.17) is 0 Å². The summed E-state index contributed by atoms with van der Waals surface area (Å²) in [5.74, 6) is -0.261. The molecule has 1 amide bonds. The second-order valence-electron chi connectivity index (χ2n) is 7.26. The second-order valence-corrected chi connectivity index (χ2v) is 7.26. The maximum absolute atomic E-state index is 13.3. The summed E-state index contributed by atoms with van der Waals surface area (Å²) in [5.41, 5.74) is 4.91. The third kappa shape index (κ3) is 2.53. The molecule has 0 fully saturated rings. The Morgan fingerprint density at radius 2 is 1.61 bits per heavy atom. The molecular formula is C24H19FN2O. The summed E-state index contributed by atoms with van der Waals surface area (Å²) in [4.78, 5) is 15.1. The lowest BCUT2D eigenvalue weighted by Gasteiger charge is -2.25. The molecule has 3 aromatic carbocycles. The van der Waals surface area contributed by atoms with Crippen molar-refractivity contribution in [2.45, 2.75) is 12.6 Å².